The van der Waals surface area contributed by atoms with Crippen molar-refractivity contribution in [3.8, 4) is 5.75 Å². The van der Waals surface area contributed by atoms with E-state index in [-0.39, 0.29) is 30.3 Å². The summed E-state index contributed by atoms with van der Waals surface area (Å²) in [6.07, 6.45) is 0.119. The minimum Gasteiger partial charge on any atom is -0.484 e. The molecule has 0 aliphatic carbocycles. The molecule has 8 nitrogen and oxygen atoms in total. The number of primary amides is 1. The first-order chi connectivity index (χ1) is 15.4. The molecule has 2 amide bonds. The van der Waals surface area contributed by atoms with E-state index >= 15 is 0 Å². The van der Waals surface area contributed by atoms with Gasteiger partial charge in [-0.1, -0.05) is 47.6 Å². The number of nitrogens with zero attached hydrogens (tertiary/aromatic N) is 1. The fourth-order valence-electron chi connectivity index (χ4n) is 3.43. The second kappa shape index (κ2) is 9.46. The molecule has 4 N–H and O–H groups in total. The fraction of sp³-hybridized carbons (Fsp3) is 0.182. The molecule has 1 aliphatic heterocycles. The Labute approximate surface area is 192 Å². The Morgan fingerprint density at radius 3 is 2.72 bits per heavy atom. The maximum absolute atomic E-state index is 12.9. The summed E-state index contributed by atoms with van der Waals surface area (Å²) >= 11 is 7.37. The maximum Gasteiger partial charge on any atom is 0.257 e. The molecule has 4 rings (SSSR count). The smallest absolute Gasteiger partial charge is 0.257 e. The normalized spacial score (nSPS) is 15.0. The number of H-pyrrole nitrogens is 1. The van der Waals surface area contributed by atoms with Gasteiger partial charge in [-0.3, -0.25) is 14.4 Å². The summed E-state index contributed by atoms with van der Waals surface area (Å²) in [5.41, 5.74) is 6.94. The summed E-state index contributed by atoms with van der Waals surface area (Å²) in [5.74, 6) is 0.0404. The standard InChI is InChI=1S/C22H19ClN4O4S/c23-14-3-1-2-12(8-14)11-32-22-26-20-19(21(30)27-22)16(9-18(29)25-20)13-4-6-15(7-5-13)31-10-17(24)28/h1-8,16H,9-11H2,(H2,24,28)(H2,25,26,27,29,30). The number of hydrogen-bond acceptors (Lipinski definition) is 6. The predicted octanol–water partition coefficient (Wildman–Crippen LogP) is 3.05. The van der Waals surface area contributed by atoms with Crippen LogP contribution in [0.1, 0.15) is 29.0 Å². The molecule has 0 saturated heterocycles. The van der Waals surface area contributed by atoms with Crippen molar-refractivity contribution < 1.29 is 14.3 Å². The van der Waals surface area contributed by atoms with Crippen molar-refractivity contribution in [2.45, 2.75) is 23.2 Å². The number of thioether (sulfide) groups is 1. The van der Waals surface area contributed by atoms with E-state index in [0.29, 0.717) is 27.2 Å². The lowest BCUT2D eigenvalue weighted by Gasteiger charge is -2.24. The van der Waals surface area contributed by atoms with Gasteiger partial charge in [0.05, 0.1) is 5.56 Å². The zero-order chi connectivity index (χ0) is 22.7. The van der Waals surface area contributed by atoms with Crippen molar-refractivity contribution in [1.82, 2.24) is 9.97 Å². The SMILES string of the molecule is NC(=O)COc1ccc(C2CC(=O)Nc3nc(SCc4cccc(Cl)c4)[nH]c(=O)c32)cc1. The van der Waals surface area contributed by atoms with Crippen molar-refractivity contribution >= 4 is 41.0 Å². The summed E-state index contributed by atoms with van der Waals surface area (Å²) in [5, 5.41) is 3.75. The van der Waals surface area contributed by atoms with Crippen molar-refractivity contribution in [2.75, 3.05) is 11.9 Å². The number of aromatic amines is 1. The lowest BCUT2D eigenvalue weighted by Crippen LogP contribution is -2.31. The number of carbonyl (C=O) groups excluding carboxylic acids is 2. The minimum absolute atomic E-state index is 0.119. The van der Waals surface area contributed by atoms with Gasteiger partial charge in [0.2, 0.25) is 5.91 Å². The number of nitrogens with one attached hydrogen (secondary N) is 2. The molecule has 1 aliphatic rings. The van der Waals surface area contributed by atoms with Gasteiger partial charge in [-0.05, 0) is 35.4 Å². The number of aromatic nitrogens is 2. The van der Waals surface area contributed by atoms with Gasteiger partial charge in [-0.2, -0.15) is 0 Å². The molecule has 0 radical (unpaired) electrons. The van der Waals surface area contributed by atoms with Crippen LogP contribution in [-0.4, -0.2) is 28.4 Å². The lowest BCUT2D eigenvalue weighted by molar-refractivity contribution is -0.120. The van der Waals surface area contributed by atoms with Gasteiger partial charge < -0.3 is 20.8 Å². The van der Waals surface area contributed by atoms with Crippen molar-refractivity contribution in [3.05, 3.63) is 80.6 Å². The van der Waals surface area contributed by atoms with Crippen LogP contribution in [0.2, 0.25) is 5.02 Å². The van der Waals surface area contributed by atoms with Crippen LogP contribution in [0.5, 0.6) is 5.75 Å². The van der Waals surface area contributed by atoms with Crippen LogP contribution in [0.25, 0.3) is 0 Å². The van der Waals surface area contributed by atoms with E-state index in [4.69, 9.17) is 22.1 Å². The molecule has 2 heterocycles. The zero-order valence-corrected chi connectivity index (χ0v) is 18.3. The number of nitrogens with two attached hydrogens (primary N) is 1. The molecule has 3 aromatic rings. The lowest BCUT2D eigenvalue weighted by atomic mass is 9.87. The van der Waals surface area contributed by atoms with Crippen LogP contribution in [0.3, 0.4) is 0 Å². The Morgan fingerprint density at radius 2 is 2.00 bits per heavy atom. The topological polar surface area (TPSA) is 127 Å². The average Bonchev–Trinajstić information content (AvgIpc) is 2.76. The van der Waals surface area contributed by atoms with Crippen LogP contribution in [0.15, 0.2) is 58.5 Å². The Bertz CT molecular complexity index is 1230. The Kier molecular flexibility index (Phi) is 6.48. The van der Waals surface area contributed by atoms with E-state index < -0.39 is 11.8 Å². The number of anilines is 1. The van der Waals surface area contributed by atoms with Gasteiger partial charge in [-0.15, -0.1) is 0 Å². The highest BCUT2D eigenvalue weighted by atomic mass is 35.5. The highest BCUT2D eigenvalue weighted by molar-refractivity contribution is 7.98. The number of ether oxygens (including phenoxy) is 1. The van der Waals surface area contributed by atoms with Crippen LogP contribution in [-0.2, 0) is 15.3 Å². The summed E-state index contributed by atoms with van der Waals surface area (Å²) in [6, 6.07) is 14.3. The number of halogens is 1. The molecule has 10 heteroatoms. The summed E-state index contributed by atoms with van der Waals surface area (Å²) in [4.78, 5) is 43.4. The quantitative estimate of drug-likeness (QED) is 0.359. The fourth-order valence-corrected chi connectivity index (χ4v) is 4.45. The van der Waals surface area contributed by atoms with E-state index in [1.165, 1.54) is 11.8 Å². The number of amides is 2. The summed E-state index contributed by atoms with van der Waals surface area (Å²) in [7, 11) is 0. The van der Waals surface area contributed by atoms with Crippen LogP contribution < -0.4 is 21.3 Å². The highest BCUT2D eigenvalue weighted by Crippen LogP contribution is 2.35. The van der Waals surface area contributed by atoms with Gasteiger partial charge in [0.1, 0.15) is 11.6 Å². The molecular weight excluding hydrogens is 452 g/mol. The number of fused-ring (bicyclic) bond motifs is 1. The van der Waals surface area contributed by atoms with Crippen LogP contribution in [0, 0.1) is 0 Å². The van der Waals surface area contributed by atoms with Gasteiger partial charge in [0.25, 0.3) is 11.5 Å². The van der Waals surface area contributed by atoms with Crippen molar-refractivity contribution in [3.63, 3.8) is 0 Å². The van der Waals surface area contributed by atoms with Crippen LogP contribution >= 0.6 is 23.4 Å². The third kappa shape index (κ3) is 5.12. The van der Waals surface area contributed by atoms with Gasteiger partial charge in [-0.25, -0.2) is 4.98 Å². The second-order valence-electron chi connectivity index (χ2n) is 7.18. The van der Waals surface area contributed by atoms with E-state index in [1.807, 2.05) is 18.2 Å². The second-order valence-corrected chi connectivity index (χ2v) is 8.58. The molecule has 1 aromatic heterocycles. The number of rotatable bonds is 7. The Balaban J connectivity index is 1.57. The predicted molar refractivity (Wildman–Crippen MR) is 122 cm³/mol. The first-order valence-electron chi connectivity index (χ1n) is 9.71. The number of hydrogen-bond donors (Lipinski definition) is 3. The number of carbonyl (C=O) groups is 2. The van der Waals surface area contributed by atoms with Crippen LogP contribution in [0.4, 0.5) is 5.82 Å². The molecule has 0 saturated carbocycles. The summed E-state index contributed by atoms with van der Waals surface area (Å²) in [6.45, 7) is -0.229. The van der Waals surface area contributed by atoms with Crippen molar-refractivity contribution in [1.29, 1.82) is 0 Å². The molecule has 2 aromatic carbocycles. The van der Waals surface area contributed by atoms with E-state index in [2.05, 4.69) is 15.3 Å². The number of benzene rings is 2. The third-order valence-corrected chi connectivity index (χ3v) is 6.04. The highest BCUT2D eigenvalue weighted by Gasteiger charge is 2.31. The first kappa shape index (κ1) is 21.9. The molecule has 1 atom stereocenters. The average molecular weight is 471 g/mol. The summed E-state index contributed by atoms with van der Waals surface area (Å²) < 4.78 is 5.27. The first-order valence-corrected chi connectivity index (χ1v) is 11.1. The molecule has 32 heavy (non-hydrogen) atoms. The monoisotopic (exact) mass is 470 g/mol. The largest absolute Gasteiger partial charge is 0.484 e. The van der Waals surface area contributed by atoms with Crippen molar-refractivity contribution in [2.24, 2.45) is 5.73 Å². The molecule has 164 valence electrons. The Morgan fingerprint density at radius 1 is 1.22 bits per heavy atom. The zero-order valence-electron chi connectivity index (χ0n) is 16.8. The van der Waals surface area contributed by atoms with Gasteiger partial charge in [0.15, 0.2) is 11.8 Å². The van der Waals surface area contributed by atoms with Gasteiger partial charge in [0, 0.05) is 23.1 Å². The Hall–Kier alpha value is -3.30. The molecule has 0 spiro atoms. The minimum atomic E-state index is -0.575. The molecular formula is C22H19ClN4O4S. The third-order valence-electron chi connectivity index (χ3n) is 4.86. The molecule has 1 unspecified atom stereocenters. The van der Waals surface area contributed by atoms with Gasteiger partial charge >= 0.3 is 0 Å². The molecule has 0 fully saturated rings. The van der Waals surface area contributed by atoms with E-state index in [1.54, 1.807) is 30.3 Å². The molecule has 0 bridgehead atoms. The maximum atomic E-state index is 12.9. The van der Waals surface area contributed by atoms with E-state index in [9.17, 15) is 14.4 Å². The van der Waals surface area contributed by atoms with E-state index in [0.717, 1.165) is 11.1 Å².